The van der Waals surface area contributed by atoms with E-state index in [0.29, 0.717) is 18.7 Å². The molecule has 0 amide bonds. The molecule has 0 aliphatic rings. The number of aryl methyl sites for hydroxylation is 2. The summed E-state index contributed by atoms with van der Waals surface area (Å²) in [5.41, 5.74) is 8.88. The van der Waals surface area contributed by atoms with Gasteiger partial charge < -0.3 is 9.30 Å². The Morgan fingerprint density at radius 1 is 0.861 bits per heavy atom. The average molecular weight is 495 g/mol. The van der Waals surface area contributed by atoms with Crippen LogP contribution in [0.3, 0.4) is 0 Å². The van der Waals surface area contributed by atoms with Crippen LogP contribution in [0.5, 0.6) is 0 Å². The predicted octanol–water partition coefficient (Wildman–Crippen LogP) is 7.87. The Kier molecular flexibility index (Phi) is 6.62. The molecule has 0 fully saturated rings. The Labute approximate surface area is 216 Å². The number of carbonyl (C=O) groups excluding carboxylic acids is 1. The molecule has 5 aromatic rings. The molecule has 4 nitrogen and oxygen atoms in total. The largest absolute Gasteiger partial charge is 0.462 e. The maximum absolute atomic E-state index is 12.3. The van der Waals surface area contributed by atoms with Gasteiger partial charge in [-0.15, -0.1) is 0 Å². The minimum Gasteiger partial charge on any atom is -0.462 e. The maximum Gasteiger partial charge on any atom is 0.338 e. The summed E-state index contributed by atoms with van der Waals surface area (Å²) in [4.78, 5) is 17.1. The first-order valence-electron chi connectivity index (χ1n) is 12.0. The van der Waals surface area contributed by atoms with Gasteiger partial charge in [-0.3, -0.25) is 0 Å². The van der Waals surface area contributed by atoms with Crippen molar-refractivity contribution in [2.45, 2.75) is 27.3 Å². The van der Waals surface area contributed by atoms with Crippen molar-refractivity contribution in [3.8, 4) is 22.3 Å². The third-order valence-electron chi connectivity index (χ3n) is 6.43. The van der Waals surface area contributed by atoms with Crippen molar-refractivity contribution >= 4 is 28.6 Å². The monoisotopic (exact) mass is 494 g/mol. The zero-order valence-corrected chi connectivity index (χ0v) is 21.3. The van der Waals surface area contributed by atoms with Gasteiger partial charge in [-0.25, -0.2) is 9.78 Å². The molecule has 0 bridgehead atoms. The quantitative estimate of drug-likeness (QED) is 0.225. The summed E-state index contributed by atoms with van der Waals surface area (Å²) in [5.74, 6) is 0.611. The highest BCUT2D eigenvalue weighted by Gasteiger charge is 2.15. The van der Waals surface area contributed by atoms with Crippen molar-refractivity contribution in [3.63, 3.8) is 0 Å². The first-order chi connectivity index (χ1) is 17.4. The van der Waals surface area contributed by atoms with Gasteiger partial charge >= 0.3 is 5.97 Å². The first-order valence-corrected chi connectivity index (χ1v) is 12.4. The number of nitrogens with zero attached hydrogens (tertiary/aromatic N) is 2. The molecule has 0 N–H and O–H groups in total. The lowest BCUT2D eigenvalue weighted by molar-refractivity contribution is 0.0526. The van der Waals surface area contributed by atoms with Gasteiger partial charge in [0.2, 0.25) is 0 Å². The van der Waals surface area contributed by atoms with E-state index in [1.165, 1.54) is 0 Å². The van der Waals surface area contributed by atoms with E-state index in [1.54, 1.807) is 6.07 Å². The summed E-state index contributed by atoms with van der Waals surface area (Å²) in [5, 5.41) is 0.729. The van der Waals surface area contributed by atoms with Crippen LogP contribution in [-0.4, -0.2) is 22.1 Å². The van der Waals surface area contributed by atoms with Gasteiger partial charge in [-0.1, -0.05) is 66.2 Å². The Morgan fingerprint density at radius 2 is 1.61 bits per heavy atom. The van der Waals surface area contributed by atoms with Crippen molar-refractivity contribution in [2.24, 2.45) is 0 Å². The van der Waals surface area contributed by atoms with E-state index in [-0.39, 0.29) is 5.97 Å². The van der Waals surface area contributed by atoms with E-state index in [1.807, 2.05) is 56.3 Å². The first kappa shape index (κ1) is 23.8. The molecule has 5 rings (SSSR count). The van der Waals surface area contributed by atoms with Crippen LogP contribution < -0.4 is 0 Å². The Balaban J connectivity index is 1.53. The lowest BCUT2D eigenvalue weighted by atomic mass is 10.00. The second kappa shape index (κ2) is 10.00. The second-order valence-electron chi connectivity index (χ2n) is 8.88. The lowest BCUT2D eigenvalue weighted by Crippen LogP contribution is -2.04. The molecule has 0 saturated heterocycles. The van der Waals surface area contributed by atoms with Gasteiger partial charge in [-0.05, 0) is 84.5 Å². The van der Waals surface area contributed by atoms with Gasteiger partial charge in [0.25, 0.3) is 0 Å². The molecule has 1 heterocycles. The van der Waals surface area contributed by atoms with E-state index in [4.69, 9.17) is 21.3 Å². The summed E-state index contributed by atoms with van der Waals surface area (Å²) in [6.45, 7) is 6.86. The maximum atomic E-state index is 12.3. The summed E-state index contributed by atoms with van der Waals surface area (Å²) in [7, 11) is 0. The lowest BCUT2D eigenvalue weighted by Gasteiger charge is -2.12. The predicted molar refractivity (Wildman–Crippen MR) is 147 cm³/mol. The van der Waals surface area contributed by atoms with E-state index in [2.05, 4.69) is 47.9 Å². The normalized spacial score (nSPS) is 11.1. The number of hydrogen-bond donors (Lipinski definition) is 0. The fourth-order valence-electron chi connectivity index (χ4n) is 4.57. The van der Waals surface area contributed by atoms with Gasteiger partial charge in [0, 0.05) is 5.02 Å². The highest BCUT2D eigenvalue weighted by Crippen LogP contribution is 2.31. The molecular weight excluding hydrogens is 468 g/mol. The molecule has 0 saturated carbocycles. The van der Waals surface area contributed by atoms with Crippen molar-refractivity contribution in [1.82, 2.24) is 9.55 Å². The van der Waals surface area contributed by atoms with Crippen molar-refractivity contribution < 1.29 is 9.53 Å². The van der Waals surface area contributed by atoms with E-state index in [9.17, 15) is 4.79 Å². The third-order valence-corrected chi connectivity index (χ3v) is 6.78. The zero-order valence-electron chi connectivity index (χ0n) is 20.6. The van der Waals surface area contributed by atoms with Crippen LogP contribution in [0.25, 0.3) is 33.3 Å². The van der Waals surface area contributed by atoms with Crippen molar-refractivity contribution in [2.75, 3.05) is 6.61 Å². The van der Waals surface area contributed by atoms with E-state index >= 15 is 0 Å². The number of benzene rings is 4. The number of rotatable bonds is 6. The molecular formula is C31H27ClN2O2. The molecule has 180 valence electrons. The number of esters is 1. The fraction of sp³-hybridized carbons (Fsp3) is 0.161. The number of ether oxygens (including phenoxy) is 1. The average Bonchev–Trinajstić information content (AvgIpc) is 3.21. The second-order valence-corrected chi connectivity index (χ2v) is 9.29. The minimum atomic E-state index is -0.313. The van der Waals surface area contributed by atoms with Gasteiger partial charge in [0.1, 0.15) is 5.82 Å². The molecule has 0 atom stereocenters. The summed E-state index contributed by atoms with van der Waals surface area (Å²) in [6.07, 6.45) is 0. The summed E-state index contributed by atoms with van der Waals surface area (Å²) >= 11 is 6.75. The van der Waals surface area contributed by atoms with Crippen molar-refractivity contribution in [1.29, 1.82) is 0 Å². The number of aromatic nitrogens is 2. The molecule has 1 aromatic heterocycles. The van der Waals surface area contributed by atoms with Crippen LogP contribution in [0.15, 0.2) is 84.9 Å². The highest BCUT2D eigenvalue weighted by atomic mass is 35.5. The summed E-state index contributed by atoms with van der Waals surface area (Å²) in [6, 6.07) is 28.3. The Bertz CT molecular complexity index is 1570. The van der Waals surface area contributed by atoms with E-state index in [0.717, 1.165) is 55.3 Å². The number of hydrogen-bond acceptors (Lipinski definition) is 3. The molecule has 0 unspecified atom stereocenters. The van der Waals surface area contributed by atoms with Crippen LogP contribution in [-0.2, 0) is 11.3 Å². The van der Waals surface area contributed by atoms with Gasteiger partial charge in [0.15, 0.2) is 0 Å². The van der Waals surface area contributed by atoms with Crippen LogP contribution in [0.1, 0.15) is 34.2 Å². The fourth-order valence-corrected chi connectivity index (χ4v) is 4.81. The van der Waals surface area contributed by atoms with Gasteiger partial charge in [0.05, 0.1) is 29.7 Å². The van der Waals surface area contributed by atoms with Crippen LogP contribution in [0.4, 0.5) is 0 Å². The SMILES string of the molecule is CCOC(=O)c1cccc(-c2cc(C)c3nc(C)n(Cc4ccc(-c5ccccc5)cc4Cl)c3c2)c1. The van der Waals surface area contributed by atoms with Crippen LogP contribution in [0.2, 0.25) is 5.02 Å². The van der Waals surface area contributed by atoms with Crippen LogP contribution in [0, 0.1) is 13.8 Å². The molecule has 0 radical (unpaired) electrons. The minimum absolute atomic E-state index is 0.313. The highest BCUT2D eigenvalue weighted by molar-refractivity contribution is 6.31. The molecule has 36 heavy (non-hydrogen) atoms. The number of fused-ring (bicyclic) bond motifs is 1. The van der Waals surface area contributed by atoms with Crippen LogP contribution >= 0.6 is 11.6 Å². The smallest absolute Gasteiger partial charge is 0.338 e. The summed E-state index contributed by atoms with van der Waals surface area (Å²) < 4.78 is 7.38. The molecule has 0 aliphatic heterocycles. The molecule has 4 aromatic carbocycles. The topological polar surface area (TPSA) is 44.1 Å². The van der Waals surface area contributed by atoms with E-state index < -0.39 is 0 Å². The number of halogens is 1. The van der Waals surface area contributed by atoms with Gasteiger partial charge in [-0.2, -0.15) is 0 Å². The Hall–Kier alpha value is -3.89. The Morgan fingerprint density at radius 3 is 2.36 bits per heavy atom. The van der Waals surface area contributed by atoms with Crippen molar-refractivity contribution in [3.05, 3.63) is 112 Å². The molecule has 0 spiro atoms. The molecule has 5 heteroatoms. The third kappa shape index (κ3) is 4.65. The zero-order chi connectivity index (χ0) is 25.2. The molecule has 0 aliphatic carbocycles. The number of imidazole rings is 1. The number of carbonyl (C=O) groups is 1. The standard InChI is InChI=1S/C31H27ClN2O2/c1-4-36-31(35)25-12-8-11-23(16-25)27-15-20(2)30-29(18-27)34(21(3)33-30)19-26-14-13-24(17-28(26)32)22-9-6-5-7-10-22/h5-18H,4,19H2,1-3H3.